The van der Waals surface area contributed by atoms with Crippen LogP contribution in [-0.4, -0.2) is 23.8 Å². The second-order valence-corrected chi connectivity index (χ2v) is 6.95. The van der Waals surface area contributed by atoms with E-state index >= 15 is 0 Å². The van der Waals surface area contributed by atoms with Gasteiger partial charge in [-0.1, -0.05) is 65.2 Å². The highest BCUT2D eigenvalue weighted by Gasteiger charge is 2.31. The van der Waals surface area contributed by atoms with Crippen molar-refractivity contribution in [3.05, 3.63) is 0 Å². The maximum absolute atomic E-state index is 12.2. The third kappa shape index (κ3) is 7.62. The van der Waals surface area contributed by atoms with E-state index in [2.05, 4.69) is 13.8 Å². The van der Waals surface area contributed by atoms with Crippen LogP contribution in [0.5, 0.6) is 0 Å². The number of carbonyl (C=O) groups is 1. The molecule has 0 spiro atoms. The summed E-state index contributed by atoms with van der Waals surface area (Å²) in [6.07, 6.45) is 12.9. The fourth-order valence-corrected chi connectivity index (χ4v) is 3.36. The van der Waals surface area contributed by atoms with Crippen LogP contribution >= 0.6 is 0 Å². The molecule has 1 fully saturated rings. The van der Waals surface area contributed by atoms with Gasteiger partial charge < -0.3 is 9.84 Å². The first kappa shape index (κ1) is 19.5. The molecule has 1 saturated carbocycles. The Morgan fingerprint density at radius 1 is 1.05 bits per heavy atom. The van der Waals surface area contributed by atoms with E-state index < -0.39 is 6.10 Å². The molecule has 0 aromatic heterocycles. The second kappa shape index (κ2) is 11.9. The molecule has 1 rings (SSSR count). The molecule has 0 radical (unpaired) electrons. The number of esters is 1. The molecule has 0 aliphatic heterocycles. The summed E-state index contributed by atoms with van der Waals surface area (Å²) in [5.41, 5.74) is 0. The van der Waals surface area contributed by atoms with Crippen molar-refractivity contribution >= 4 is 5.97 Å². The maximum atomic E-state index is 12.2. The van der Waals surface area contributed by atoms with Crippen molar-refractivity contribution in [2.75, 3.05) is 6.61 Å². The van der Waals surface area contributed by atoms with Crippen molar-refractivity contribution in [3.8, 4) is 0 Å². The minimum absolute atomic E-state index is 0.165. The molecule has 0 bridgehead atoms. The van der Waals surface area contributed by atoms with Gasteiger partial charge in [-0.15, -0.1) is 0 Å². The lowest BCUT2D eigenvalue weighted by Crippen LogP contribution is -2.33. The number of carbonyl (C=O) groups excluding carboxylic acids is 1. The van der Waals surface area contributed by atoms with Crippen LogP contribution in [0, 0.1) is 11.8 Å². The van der Waals surface area contributed by atoms with Crippen molar-refractivity contribution in [2.45, 2.75) is 97.0 Å². The van der Waals surface area contributed by atoms with Crippen molar-refractivity contribution in [3.63, 3.8) is 0 Å². The molecule has 3 heteroatoms. The zero-order chi connectivity index (χ0) is 16.2. The summed E-state index contributed by atoms with van der Waals surface area (Å²) < 4.78 is 5.57. The fraction of sp³-hybridized carbons (Fsp3) is 0.947. The lowest BCUT2D eigenvalue weighted by atomic mass is 9.86. The largest absolute Gasteiger partial charge is 0.465 e. The van der Waals surface area contributed by atoms with Gasteiger partial charge in [-0.3, -0.25) is 4.79 Å². The Kier molecular flexibility index (Phi) is 10.6. The highest BCUT2D eigenvalue weighted by Crippen LogP contribution is 2.26. The van der Waals surface area contributed by atoms with Gasteiger partial charge in [0, 0.05) is 0 Å². The molecule has 1 aliphatic rings. The van der Waals surface area contributed by atoms with Gasteiger partial charge in [0.1, 0.15) is 0 Å². The van der Waals surface area contributed by atoms with E-state index in [-0.39, 0.29) is 11.9 Å². The highest BCUT2D eigenvalue weighted by atomic mass is 16.5. The van der Waals surface area contributed by atoms with E-state index in [1.54, 1.807) is 0 Å². The number of ether oxygens (including phenoxy) is 1. The molecule has 0 amide bonds. The fourth-order valence-electron chi connectivity index (χ4n) is 3.36. The first-order valence-corrected chi connectivity index (χ1v) is 9.53. The van der Waals surface area contributed by atoms with Gasteiger partial charge >= 0.3 is 5.97 Å². The number of rotatable bonds is 11. The minimum atomic E-state index is -0.486. The predicted molar refractivity (Wildman–Crippen MR) is 90.7 cm³/mol. The maximum Gasteiger partial charge on any atom is 0.311 e. The van der Waals surface area contributed by atoms with Gasteiger partial charge in [0.2, 0.25) is 0 Å². The van der Waals surface area contributed by atoms with E-state index in [1.165, 1.54) is 44.9 Å². The van der Waals surface area contributed by atoms with Crippen LogP contribution in [0.4, 0.5) is 0 Å². The van der Waals surface area contributed by atoms with Crippen molar-refractivity contribution in [1.29, 1.82) is 0 Å². The lowest BCUT2D eigenvalue weighted by Gasteiger charge is -2.26. The predicted octanol–water partition coefficient (Wildman–Crippen LogP) is 4.86. The molecular formula is C19H36O3. The van der Waals surface area contributed by atoms with Crippen LogP contribution in [0.15, 0.2) is 0 Å². The molecule has 1 N–H and O–H groups in total. The van der Waals surface area contributed by atoms with Gasteiger partial charge in [-0.25, -0.2) is 0 Å². The van der Waals surface area contributed by atoms with Crippen LogP contribution in [-0.2, 0) is 9.53 Å². The number of hydrogen-bond acceptors (Lipinski definition) is 3. The SMILES string of the molecule is CCCCCCC(CCCC)COC(=O)C1CCCCC1O. The Labute approximate surface area is 136 Å². The van der Waals surface area contributed by atoms with E-state index in [0.29, 0.717) is 12.5 Å². The number of aliphatic hydroxyl groups excluding tert-OH is 1. The Hall–Kier alpha value is -0.570. The molecule has 3 atom stereocenters. The second-order valence-electron chi connectivity index (χ2n) is 6.95. The van der Waals surface area contributed by atoms with Gasteiger partial charge in [0.15, 0.2) is 0 Å². The summed E-state index contributed by atoms with van der Waals surface area (Å²) in [6, 6.07) is 0. The first-order valence-electron chi connectivity index (χ1n) is 9.53. The van der Waals surface area contributed by atoms with Gasteiger partial charge in [0.05, 0.1) is 18.6 Å². The summed E-state index contributed by atoms with van der Waals surface area (Å²) in [7, 11) is 0. The molecule has 0 saturated heterocycles. The monoisotopic (exact) mass is 312 g/mol. The molecule has 22 heavy (non-hydrogen) atoms. The van der Waals surface area contributed by atoms with Crippen LogP contribution in [0.2, 0.25) is 0 Å². The third-order valence-corrected chi connectivity index (χ3v) is 4.93. The standard InChI is InChI=1S/C19H36O3/c1-3-5-7-8-12-16(11-6-4-2)15-22-19(21)17-13-9-10-14-18(17)20/h16-18,20H,3-15H2,1-2H3. The number of aliphatic hydroxyl groups is 1. The third-order valence-electron chi connectivity index (χ3n) is 4.93. The quantitative estimate of drug-likeness (QED) is 0.438. The summed E-state index contributed by atoms with van der Waals surface area (Å²) in [4.78, 5) is 12.2. The zero-order valence-electron chi connectivity index (χ0n) is 14.7. The van der Waals surface area contributed by atoms with Crippen molar-refractivity contribution < 1.29 is 14.6 Å². The smallest absolute Gasteiger partial charge is 0.311 e. The van der Waals surface area contributed by atoms with Gasteiger partial charge in [-0.05, 0) is 31.6 Å². The summed E-state index contributed by atoms with van der Waals surface area (Å²) >= 11 is 0. The molecule has 130 valence electrons. The van der Waals surface area contributed by atoms with Crippen molar-refractivity contribution in [2.24, 2.45) is 11.8 Å². The Balaban J connectivity index is 2.31. The normalized spacial score (nSPS) is 23.2. The summed E-state index contributed by atoms with van der Waals surface area (Å²) in [5, 5.41) is 9.95. The molecule has 3 nitrogen and oxygen atoms in total. The Morgan fingerprint density at radius 3 is 2.41 bits per heavy atom. The molecule has 0 aromatic carbocycles. The van der Waals surface area contributed by atoms with Crippen LogP contribution in [0.3, 0.4) is 0 Å². The summed E-state index contributed by atoms with van der Waals surface area (Å²) in [6.45, 7) is 4.98. The van der Waals surface area contributed by atoms with Crippen LogP contribution < -0.4 is 0 Å². The Bertz CT molecular complexity index is 290. The van der Waals surface area contributed by atoms with E-state index in [1.807, 2.05) is 0 Å². The first-order chi connectivity index (χ1) is 10.7. The van der Waals surface area contributed by atoms with Crippen molar-refractivity contribution in [1.82, 2.24) is 0 Å². The van der Waals surface area contributed by atoms with Gasteiger partial charge in [0.25, 0.3) is 0 Å². The summed E-state index contributed by atoms with van der Waals surface area (Å²) in [5.74, 6) is 0.0596. The van der Waals surface area contributed by atoms with Crippen LogP contribution in [0.25, 0.3) is 0 Å². The average molecular weight is 312 g/mol. The van der Waals surface area contributed by atoms with E-state index in [4.69, 9.17) is 4.74 Å². The minimum Gasteiger partial charge on any atom is -0.465 e. The lowest BCUT2D eigenvalue weighted by molar-refractivity contribution is -0.155. The van der Waals surface area contributed by atoms with Crippen LogP contribution in [0.1, 0.15) is 90.9 Å². The molecule has 0 aromatic rings. The molecular weight excluding hydrogens is 276 g/mol. The average Bonchev–Trinajstić information content (AvgIpc) is 2.53. The number of hydrogen-bond donors (Lipinski definition) is 1. The van der Waals surface area contributed by atoms with E-state index in [0.717, 1.165) is 32.1 Å². The molecule has 3 unspecified atom stereocenters. The highest BCUT2D eigenvalue weighted by molar-refractivity contribution is 5.73. The van der Waals surface area contributed by atoms with E-state index in [9.17, 15) is 9.90 Å². The topological polar surface area (TPSA) is 46.5 Å². The molecule has 1 aliphatic carbocycles. The number of unbranched alkanes of at least 4 members (excludes halogenated alkanes) is 4. The van der Waals surface area contributed by atoms with Gasteiger partial charge in [-0.2, -0.15) is 0 Å². The molecule has 0 heterocycles. The Morgan fingerprint density at radius 2 is 1.73 bits per heavy atom. The zero-order valence-corrected chi connectivity index (χ0v) is 14.7.